The lowest BCUT2D eigenvalue weighted by Crippen LogP contribution is -2.35. The van der Waals surface area contributed by atoms with Crippen molar-refractivity contribution in [2.75, 3.05) is 6.26 Å². The van der Waals surface area contributed by atoms with Crippen LogP contribution in [-0.2, 0) is 9.53 Å². The normalized spacial score (nSPS) is 12.6. The highest BCUT2D eigenvalue weighted by Gasteiger charge is 2.20. The van der Waals surface area contributed by atoms with Crippen molar-refractivity contribution in [1.82, 2.24) is 5.32 Å². The van der Waals surface area contributed by atoms with Crippen LogP contribution in [0.3, 0.4) is 0 Å². The summed E-state index contributed by atoms with van der Waals surface area (Å²) in [6.07, 6.45) is 2.05. The fraction of sp³-hybridized carbons (Fsp3) is 0.429. The summed E-state index contributed by atoms with van der Waals surface area (Å²) in [6, 6.07) is 6.79. The zero-order chi connectivity index (χ0) is 14.5. The van der Waals surface area contributed by atoms with Gasteiger partial charge in [0.2, 0.25) is 0 Å². The summed E-state index contributed by atoms with van der Waals surface area (Å²) < 4.78 is 5.13. The van der Waals surface area contributed by atoms with Crippen LogP contribution in [0.25, 0.3) is 0 Å². The van der Waals surface area contributed by atoms with Crippen molar-refractivity contribution in [3.8, 4) is 0 Å². The van der Waals surface area contributed by atoms with E-state index >= 15 is 0 Å². The number of carbonyl (C=O) groups is 2. The molecule has 5 heteroatoms. The fourth-order valence-corrected chi connectivity index (χ4v) is 1.93. The molecule has 0 aliphatic rings. The predicted octanol–water partition coefficient (Wildman–Crippen LogP) is 3.17. The van der Waals surface area contributed by atoms with E-state index in [1.165, 1.54) is 0 Å². The maximum absolute atomic E-state index is 11.7. The Hall–Kier alpha value is -1.49. The first-order valence-electron chi connectivity index (χ1n) is 5.94. The van der Waals surface area contributed by atoms with E-state index < -0.39 is 17.7 Å². The van der Waals surface area contributed by atoms with Crippen molar-refractivity contribution >= 4 is 24.1 Å². The van der Waals surface area contributed by atoms with Crippen molar-refractivity contribution in [1.29, 1.82) is 0 Å². The summed E-state index contributed by atoms with van der Waals surface area (Å²) in [5, 5.41) is 2.55. The third kappa shape index (κ3) is 5.34. The Labute approximate surface area is 117 Å². The number of carbonyl (C=O) groups excluding carboxylic acids is 2. The quantitative estimate of drug-likeness (QED) is 0.680. The molecule has 0 aromatic heterocycles. The van der Waals surface area contributed by atoms with Crippen LogP contribution in [0.15, 0.2) is 29.2 Å². The lowest BCUT2D eigenvalue weighted by molar-refractivity contribution is -0.109. The number of amides is 1. The molecular weight excluding hydrogens is 262 g/mol. The first kappa shape index (κ1) is 15.6. The lowest BCUT2D eigenvalue weighted by Gasteiger charge is -2.21. The van der Waals surface area contributed by atoms with Gasteiger partial charge in [0.25, 0.3) is 0 Å². The van der Waals surface area contributed by atoms with Gasteiger partial charge in [0, 0.05) is 4.90 Å². The highest BCUT2D eigenvalue weighted by molar-refractivity contribution is 7.98. The Morgan fingerprint density at radius 3 is 2.63 bits per heavy atom. The third-order valence-electron chi connectivity index (χ3n) is 2.26. The van der Waals surface area contributed by atoms with E-state index in [1.807, 2.05) is 24.5 Å². The summed E-state index contributed by atoms with van der Waals surface area (Å²) in [6.45, 7) is 5.32. The van der Waals surface area contributed by atoms with Gasteiger partial charge in [0.05, 0.1) is 0 Å². The first-order valence-corrected chi connectivity index (χ1v) is 7.17. The number of hydrogen-bond donors (Lipinski definition) is 1. The minimum atomic E-state index is -0.693. The van der Waals surface area contributed by atoms with Crippen LogP contribution in [0.2, 0.25) is 0 Å². The number of ether oxygens (including phenoxy) is 1. The second-order valence-corrected chi connectivity index (χ2v) is 5.92. The molecule has 1 aromatic carbocycles. The molecule has 0 spiro atoms. The van der Waals surface area contributed by atoms with Gasteiger partial charge in [-0.05, 0) is 44.7 Å². The van der Waals surface area contributed by atoms with E-state index in [2.05, 4.69) is 5.32 Å². The van der Waals surface area contributed by atoms with Crippen molar-refractivity contribution in [2.24, 2.45) is 0 Å². The van der Waals surface area contributed by atoms with Gasteiger partial charge in [0.15, 0.2) is 0 Å². The Morgan fingerprint density at radius 1 is 1.42 bits per heavy atom. The number of hydrogen-bond acceptors (Lipinski definition) is 4. The minimum Gasteiger partial charge on any atom is -0.444 e. The SMILES string of the molecule is CSc1cccc(C(C=O)NC(=O)OC(C)(C)C)c1. The Morgan fingerprint density at radius 2 is 2.11 bits per heavy atom. The highest BCUT2D eigenvalue weighted by atomic mass is 32.2. The maximum Gasteiger partial charge on any atom is 0.408 e. The molecule has 19 heavy (non-hydrogen) atoms. The molecule has 0 fully saturated rings. The van der Waals surface area contributed by atoms with Gasteiger partial charge in [0.1, 0.15) is 17.9 Å². The fourth-order valence-electron chi connectivity index (χ4n) is 1.47. The molecule has 0 heterocycles. The van der Waals surface area contributed by atoms with Gasteiger partial charge in [-0.15, -0.1) is 11.8 Å². The molecule has 0 bridgehead atoms. The number of nitrogens with one attached hydrogen (secondary N) is 1. The van der Waals surface area contributed by atoms with E-state index in [1.54, 1.807) is 38.6 Å². The molecule has 1 aromatic rings. The number of benzene rings is 1. The van der Waals surface area contributed by atoms with Gasteiger partial charge in [-0.3, -0.25) is 0 Å². The number of thioether (sulfide) groups is 1. The Balaban J connectivity index is 2.77. The molecule has 1 N–H and O–H groups in total. The van der Waals surface area contributed by atoms with Crippen LogP contribution < -0.4 is 5.32 Å². The van der Waals surface area contributed by atoms with Crippen molar-refractivity contribution in [3.63, 3.8) is 0 Å². The van der Waals surface area contributed by atoms with Gasteiger partial charge < -0.3 is 14.8 Å². The standard InChI is InChI=1S/C14H19NO3S/c1-14(2,3)18-13(17)15-12(9-16)10-6-5-7-11(8-10)19-4/h5-9,12H,1-4H3,(H,15,17). The summed E-state index contributed by atoms with van der Waals surface area (Å²) in [4.78, 5) is 23.8. The van der Waals surface area contributed by atoms with E-state index in [0.29, 0.717) is 6.29 Å². The second kappa shape index (κ2) is 6.61. The largest absolute Gasteiger partial charge is 0.444 e. The summed E-state index contributed by atoms with van der Waals surface area (Å²) in [7, 11) is 0. The van der Waals surface area contributed by atoms with Crippen molar-refractivity contribution < 1.29 is 14.3 Å². The van der Waals surface area contributed by atoms with Gasteiger partial charge in [-0.1, -0.05) is 12.1 Å². The maximum atomic E-state index is 11.7. The number of rotatable bonds is 4. The molecule has 104 valence electrons. The first-order chi connectivity index (χ1) is 8.85. The zero-order valence-electron chi connectivity index (χ0n) is 11.6. The van der Waals surface area contributed by atoms with Gasteiger partial charge >= 0.3 is 6.09 Å². The van der Waals surface area contributed by atoms with Gasteiger partial charge in [-0.25, -0.2) is 4.79 Å². The molecule has 0 saturated carbocycles. The summed E-state index contributed by atoms with van der Waals surface area (Å²) in [5.41, 5.74) is 0.159. The van der Waals surface area contributed by atoms with Gasteiger partial charge in [-0.2, -0.15) is 0 Å². The molecule has 4 nitrogen and oxygen atoms in total. The van der Waals surface area contributed by atoms with Crippen molar-refractivity contribution in [3.05, 3.63) is 29.8 Å². The topological polar surface area (TPSA) is 55.4 Å². The third-order valence-corrected chi connectivity index (χ3v) is 2.99. The average molecular weight is 281 g/mol. The number of aldehydes is 1. The van der Waals surface area contributed by atoms with E-state index in [-0.39, 0.29) is 0 Å². The molecule has 0 radical (unpaired) electrons. The van der Waals surface area contributed by atoms with Crippen LogP contribution in [0.4, 0.5) is 4.79 Å². The molecular formula is C14H19NO3S. The molecule has 0 aliphatic heterocycles. The van der Waals surface area contributed by atoms with Crippen LogP contribution in [0, 0.1) is 0 Å². The average Bonchev–Trinajstić information content (AvgIpc) is 2.34. The van der Waals surface area contributed by atoms with E-state index in [0.717, 1.165) is 10.5 Å². The van der Waals surface area contributed by atoms with Crippen LogP contribution in [-0.4, -0.2) is 24.2 Å². The lowest BCUT2D eigenvalue weighted by atomic mass is 10.1. The molecule has 1 unspecified atom stereocenters. The molecule has 1 rings (SSSR count). The molecule has 1 atom stereocenters. The van der Waals surface area contributed by atoms with E-state index in [9.17, 15) is 9.59 Å². The minimum absolute atomic E-state index is 0.585. The molecule has 1 amide bonds. The summed E-state index contributed by atoms with van der Waals surface area (Å²) >= 11 is 1.58. The highest BCUT2D eigenvalue weighted by Crippen LogP contribution is 2.20. The molecule has 0 saturated heterocycles. The summed E-state index contributed by atoms with van der Waals surface area (Å²) in [5.74, 6) is 0. The smallest absolute Gasteiger partial charge is 0.408 e. The Kier molecular flexibility index (Phi) is 5.42. The Bertz CT molecular complexity index is 454. The monoisotopic (exact) mass is 281 g/mol. The van der Waals surface area contributed by atoms with Crippen LogP contribution in [0.5, 0.6) is 0 Å². The number of alkyl carbamates (subject to hydrolysis) is 1. The van der Waals surface area contributed by atoms with Crippen molar-refractivity contribution in [2.45, 2.75) is 37.3 Å². The molecule has 0 aliphatic carbocycles. The second-order valence-electron chi connectivity index (χ2n) is 5.04. The zero-order valence-corrected chi connectivity index (χ0v) is 12.4. The van der Waals surface area contributed by atoms with Crippen LogP contribution >= 0.6 is 11.8 Å². The van der Waals surface area contributed by atoms with E-state index in [4.69, 9.17) is 4.74 Å². The van der Waals surface area contributed by atoms with Crippen LogP contribution in [0.1, 0.15) is 32.4 Å². The predicted molar refractivity (Wildman–Crippen MR) is 76.4 cm³/mol.